The molecule has 2 saturated heterocycles. The number of benzene rings is 2. The second-order valence-corrected chi connectivity index (χ2v) is 9.39. The van der Waals surface area contributed by atoms with Gasteiger partial charge in [0.1, 0.15) is 0 Å². The average Bonchev–Trinajstić information content (AvgIpc) is 3.30. The molecule has 4 aromatic rings. The van der Waals surface area contributed by atoms with Crippen LogP contribution in [0.4, 0.5) is 5.69 Å². The van der Waals surface area contributed by atoms with Gasteiger partial charge in [0.15, 0.2) is 11.3 Å². The number of aromatic nitrogens is 3. The number of pyridine rings is 1. The number of hydrogen-bond acceptors (Lipinski definition) is 7. The lowest BCUT2D eigenvalue weighted by atomic mass is 9.91. The first-order valence-corrected chi connectivity index (χ1v) is 12.4. The summed E-state index contributed by atoms with van der Waals surface area (Å²) in [6, 6.07) is 21.7. The molecule has 0 spiro atoms. The summed E-state index contributed by atoms with van der Waals surface area (Å²) in [5, 5.41) is 24.8. The number of carboxylic acid groups (broad SMARTS) is 1. The summed E-state index contributed by atoms with van der Waals surface area (Å²) in [5.41, 5.74) is 5.01. The summed E-state index contributed by atoms with van der Waals surface area (Å²) in [7, 11) is 0. The van der Waals surface area contributed by atoms with Crippen molar-refractivity contribution in [1.29, 1.82) is 5.26 Å². The zero-order chi connectivity index (χ0) is 25.4. The third kappa shape index (κ3) is 4.31. The van der Waals surface area contributed by atoms with Gasteiger partial charge in [-0.25, -0.2) is 14.5 Å². The first-order valence-electron chi connectivity index (χ1n) is 12.4. The third-order valence-electron chi connectivity index (χ3n) is 7.08. The first-order chi connectivity index (χ1) is 18.1. The highest BCUT2D eigenvalue weighted by Crippen LogP contribution is 2.38. The summed E-state index contributed by atoms with van der Waals surface area (Å²) >= 11 is 0. The van der Waals surface area contributed by atoms with E-state index in [1.165, 1.54) is 0 Å². The van der Waals surface area contributed by atoms with Gasteiger partial charge in [0.2, 0.25) is 0 Å². The maximum absolute atomic E-state index is 12.1. The summed E-state index contributed by atoms with van der Waals surface area (Å²) in [6.45, 7) is 4.94. The van der Waals surface area contributed by atoms with E-state index in [1.807, 2.05) is 42.5 Å². The van der Waals surface area contributed by atoms with Crippen LogP contribution >= 0.6 is 0 Å². The van der Waals surface area contributed by atoms with Gasteiger partial charge in [0.25, 0.3) is 0 Å². The van der Waals surface area contributed by atoms with Crippen molar-refractivity contribution in [3.8, 4) is 22.9 Å². The van der Waals surface area contributed by atoms with E-state index in [2.05, 4.69) is 33.0 Å². The van der Waals surface area contributed by atoms with Crippen molar-refractivity contribution < 1.29 is 14.6 Å². The van der Waals surface area contributed by atoms with E-state index in [1.54, 1.807) is 10.7 Å². The predicted molar refractivity (Wildman–Crippen MR) is 139 cm³/mol. The van der Waals surface area contributed by atoms with Gasteiger partial charge in [-0.3, -0.25) is 4.90 Å². The van der Waals surface area contributed by atoms with E-state index < -0.39 is 5.97 Å². The molecule has 6 rings (SSSR count). The van der Waals surface area contributed by atoms with E-state index in [-0.39, 0.29) is 11.6 Å². The summed E-state index contributed by atoms with van der Waals surface area (Å²) in [4.78, 5) is 21.0. The number of anilines is 1. The lowest BCUT2D eigenvalue weighted by molar-refractivity contribution is 0.0691. The Morgan fingerprint density at radius 3 is 2.46 bits per heavy atom. The molecule has 0 amide bonds. The standard InChI is InChI=1S/C28H26N6O3/c29-10-11-32-17-20(18-32)26-25-23(19-6-8-21(9-7-19)33-12-14-37-15-13-33)16-24(28(35)36)30-27(25)34(31-26)22-4-2-1-3-5-22/h1-9,16,20H,11-15,17-18H2,(H,35,36). The second kappa shape index (κ2) is 9.65. The Bertz CT molecular complexity index is 1480. The number of likely N-dealkylation sites (tertiary alicyclic amines) is 1. The van der Waals surface area contributed by atoms with Crippen LogP contribution in [0.3, 0.4) is 0 Å². The van der Waals surface area contributed by atoms with Crippen molar-refractivity contribution in [2.45, 2.75) is 5.92 Å². The molecule has 186 valence electrons. The number of ether oxygens (including phenoxy) is 1. The zero-order valence-electron chi connectivity index (χ0n) is 20.2. The van der Waals surface area contributed by atoms with Crippen LogP contribution in [0.5, 0.6) is 0 Å². The molecule has 9 heteroatoms. The van der Waals surface area contributed by atoms with Crippen molar-refractivity contribution >= 4 is 22.7 Å². The van der Waals surface area contributed by atoms with E-state index in [4.69, 9.17) is 15.1 Å². The molecule has 4 heterocycles. The Kier molecular flexibility index (Phi) is 6.04. The fourth-order valence-corrected chi connectivity index (χ4v) is 5.16. The van der Waals surface area contributed by atoms with E-state index >= 15 is 0 Å². The number of morpholine rings is 1. The van der Waals surface area contributed by atoms with Crippen molar-refractivity contribution in [1.82, 2.24) is 19.7 Å². The van der Waals surface area contributed by atoms with Crippen LogP contribution in [0, 0.1) is 11.3 Å². The van der Waals surface area contributed by atoms with Gasteiger partial charge in [0, 0.05) is 37.8 Å². The molecule has 0 saturated carbocycles. The number of para-hydroxylation sites is 1. The number of rotatable bonds is 6. The number of nitriles is 1. The number of carbonyl (C=O) groups is 1. The topological polar surface area (TPSA) is 108 Å². The molecule has 0 bridgehead atoms. The van der Waals surface area contributed by atoms with Crippen LogP contribution in [0.25, 0.3) is 27.8 Å². The SMILES string of the molecule is N#CCN1CC(c2nn(-c3ccccc3)c3nc(C(=O)O)cc(-c4ccc(N5CCOCC5)cc4)c23)C1. The fourth-order valence-electron chi connectivity index (χ4n) is 5.16. The smallest absolute Gasteiger partial charge is 0.354 e. The van der Waals surface area contributed by atoms with Gasteiger partial charge >= 0.3 is 5.97 Å². The van der Waals surface area contributed by atoms with Gasteiger partial charge in [-0.05, 0) is 41.5 Å². The molecule has 2 aliphatic heterocycles. The van der Waals surface area contributed by atoms with Gasteiger partial charge in [-0.1, -0.05) is 30.3 Å². The van der Waals surface area contributed by atoms with Gasteiger partial charge in [-0.15, -0.1) is 0 Å². The van der Waals surface area contributed by atoms with Crippen molar-refractivity contribution in [3.63, 3.8) is 0 Å². The molecule has 9 nitrogen and oxygen atoms in total. The van der Waals surface area contributed by atoms with E-state index in [0.717, 1.165) is 59.8 Å². The normalized spacial score (nSPS) is 16.5. The molecule has 0 unspecified atom stereocenters. The number of carboxylic acids is 1. The predicted octanol–water partition coefficient (Wildman–Crippen LogP) is 3.55. The van der Waals surface area contributed by atoms with Crippen LogP contribution in [0.2, 0.25) is 0 Å². The molecular formula is C28H26N6O3. The molecule has 2 fully saturated rings. The highest BCUT2D eigenvalue weighted by atomic mass is 16.5. The Balaban J connectivity index is 1.51. The summed E-state index contributed by atoms with van der Waals surface area (Å²) < 4.78 is 7.22. The second-order valence-electron chi connectivity index (χ2n) is 9.39. The number of hydrogen-bond donors (Lipinski definition) is 1. The minimum absolute atomic E-state index is 0.0249. The minimum Gasteiger partial charge on any atom is -0.477 e. The van der Waals surface area contributed by atoms with Gasteiger partial charge in [-0.2, -0.15) is 10.4 Å². The average molecular weight is 495 g/mol. The quantitative estimate of drug-likeness (QED) is 0.406. The molecular weight excluding hydrogens is 468 g/mol. The van der Waals surface area contributed by atoms with E-state index in [9.17, 15) is 9.90 Å². The minimum atomic E-state index is -1.08. The summed E-state index contributed by atoms with van der Waals surface area (Å²) in [5.74, 6) is -0.955. The van der Waals surface area contributed by atoms with Crippen LogP contribution in [-0.2, 0) is 4.74 Å². The molecule has 2 aromatic carbocycles. The summed E-state index contributed by atoms with van der Waals surface area (Å²) in [6.07, 6.45) is 0. The molecule has 37 heavy (non-hydrogen) atoms. The maximum Gasteiger partial charge on any atom is 0.354 e. The van der Waals surface area contributed by atoms with Crippen LogP contribution in [0.1, 0.15) is 22.1 Å². The van der Waals surface area contributed by atoms with Crippen molar-refractivity contribution in [3.05, 3.63) is 72.1 Å². The van der Waals surface area contributed by atoms with Crippen LogP contribution in [-0.4, -0.2) is 76.7 Å². The Morgan fingerprint density at radius 1 is 1.05 bits per heavy atom. The van der Waals surface area contributed by atoms with Gasteiger partial charge < -0.3 is 14.7 Å². The molecule has 1 N–H and O–H groups in total. The number of nitrogens with zero attached hydrogens (tertiary/aromatic N) is 6. The third-order valence-corrected chi connectivity index (χ3v) is 7.08. The molecule has 0 radical (unpaired) electrons. The highest BCUT2D eigenvalue weighted by molar-refractivity contribution is 6.00. The molecule has 2 aliphatic rings. The van der Waals surface area contributed by atoms with Crippen molar-refractivity contribution in [2.75, 3.05) is 50.8 Å². The molecule has 0 aliphatic carbocycles. The highest BCUT2D eigenvalue weighted by Gasteiger charge is 2.33. The Labute approximate surface area is 214 Å². The zero-order valence-corrected chi connectivity index (χ0v) is 20.2. The maximum atomic E-state index is 12.1. The molecule has 2 aromatic heterocycles. The molecule has 0 atom stereocenters. The number of aromatic carboxylic acids is 1. The largest absolute Gasteiger partial charge is 0.477 e. The van der Waals surface area contributed by atoms with Crippen LogP contribution in [0.15, 0.2) is 60.7 Å². The Morgan fingerprint density at radius 2 is 1.78 bits per heavy atom. The first kappa shape index (κ1) is 23.2. The number of fused-ring (bicyclic) bond motifs is 1. The fraction of sp³-hybridized carbons (Fsp3) is 0.286. The van der Waals surface area contributed by atoms with Crippen molar-refractivity contribution in [2.24, 2.45) is 0 Å². The van der Waals surface area contributed by atoms with Gasteiger partial charge in [0.05, 0.1) is 42.6 Å². The van der Waals surface area contributed by atoms with Crippen LogP contribution < -0.4 is 4.90 Å². The lowest BCUT2D eigenvalue weighted by Crippen LogP contribution is -2.45. The monoisotopic (exact) mass is 494 g/mol. The Hall–Kier alpha value is -4.26. The van der Waals surface area contributed by atoms with E-state index in [0.29, 0.717) is 25.4 Å². The lowest BCUT2D eigenvalue weighted by Gasteiger charge is -2.36.